The number of hydrogen-bond acceptors (Lipinski definition) is 2. The summed E-state index contributed by atoms with van der Waals surface area (Å²) in [5, 5.41) is 0. The summed E-state index contributed by atoms with van der Waals surface area (Å²) in [6, 6.07) is 0. The van der Waals surface area contributed by atoms with Crippen molar-refractivity contribution < 1.29 is 4.79 Å². The molecule has 1 aliphatic rings. The Kier molecular flexibility index (Phi) is 4.00. The van der Waals surface area contributed by atoms with Crippen LogP contribution in [0.2, 0.25) is 0 Å². The quantitative estimate of drug-likeness (QED) is 0.800. The van der Waals surface area contributed by atoms with Gasteiger partial charge in [-0.05, 0) is 31.2 Å². The maximum absolute atomic E-state index is 12.2. The smallest absolute Gasteiger partial charge is 0.228 e. The Balaban J connectivity index is 2.58. The molecule has 1 rings (SSSR count). The molecule has 0 spiro atoms. The predicted octanol–water partition coefficient (Wildman–Crippen LogP) is 2.01. The van der Waals surface area contributed by atoms with Crippen LogP contribution in [0.4, 0.5) is 0 Å². The van der Waals surface area contributed by atoms with Crippen LogP contribution in [0.3, 0.4) is 0 Å². The number of likely N-dealkylation sites (tertiary alicyclic amines) is 1. The number of nitrogens with zero attached hydrogens (tertiary/aromatic N) is 1. The first-order chi connectivity index (χ1) is 7.34. The van der Waals surface area contributed by atoms with Crippen LogP contribution in [-0.2, 0) is 4.79 Å². The molecule has 1 aliphatic heterocycles. The van der Waals surface area contributed by atoms with Crippen LogP contribution < -0.4 is 5.73 Å². The van der Waals surface area contributed by atoms with Gasteiger partial charge in [0, 0.05) is 18.5 Å². The molecule has 3 nitrogen and oxygen atoms in total. The molecule has 3 heteroatoms. The maximum Gasteiger partial charge on any atom is 0.228 e. The lowest BCUT2D eigenvalue weighted by Gasteiger charge is -2.41. The molecule has 2 N–H and O–H groups in total. The zero-order chi connectivity index (χ0) is 12.4. The van der Waals surface area contributed by atoms with Gasteiger partial charge in [0.05, 0.1) is 0 Å². The van der Waals surface area contributed by atoms with Gasteiger partial charge in [0.15, 0.2) is 0 Å². The Hall–Kier alpha value is -0.570. The van der Waals surface area contributed by atoms with Crippen LogP contribution in [0.25, 0.3) is 0 Å². The lowest BCUT2D eigenvalue weighted by Crippen LogP contribution is -2.48. The molecule has 0 saturated carbocycles. The molecule has 0 atom stereocenters. The molecule has 0 unspecified atom stereocenters. The van der Waals surface area contributed by atoms with E-state index in [4.69, 9.17) is 5.73 Å². The first-order valence-electron chi connectivity index (χ1n) is 6.34. The highest BCUT2D eigenvalue weighted by Gasteiger charge is 2.35. The van der Waals surface area contributed by atoms with Gasteiger partial charge in [-0.3, -0.25) is 4.79 Å². The number of rotatable bonds is 3. The van der Waals surface area contributed by atoms with Crippen molar-refractivity contribution in [2.45, 2.75) is 47.0 Å². The number of piperidine rings is 1. The number of amides is 1. The predicted molar refractivity (Wildman–Crippen MR) is 67.0 cm³/mol. The molecule has 1 amide bonds. The number of carbonyl (C=O) groups excluding carboxylic acids is 1. The van der Waals surface area contributed by atoms with E-state index in [0.29, 0.717) is 5.91 Å². The van der Waals surface area contributed by atoms with E-state index in [0.717, 1.165) is 38.9 Å². The molecular weight excluding hydrogens is 200 g/mol. The van der Waals surface area contributed by atoms with Gasteiger partial charge in [-0.15, -0.1) is 0 Å². The molecule has 1 saturated heterocycles. The fourth-order valence-electron chi connectivity index (χ4n) is 2.03. The summed E-state index contributed by atoms with van der Waals surface area (Å²) in [6.45, 7) is 10.8. The second kappa shape index (κ2) is 4.74. The summed E-state index contributed by atoms with van der Waals surface area (Å²) in [5.41, 5.74) is 5.80. The van der Waals surface area contributed by atoms with Gasteiger partial charge in [-0.2, -0.15) is 0 Å². The zero-order valence-corrected chi connectivity index (χ0v) is 11.2. The number of nitrogens with two attached hydrogens (primary N) is 1. The summed E-state index contributed by atoms with van der Waals surface area (Å²) >= 11 is 0. The van der Waals surface area contributed by atoms with Crippen molar-refractivity contribution in [2.75, 3.05) is 19.6 Å². The van der Waals surface area contributed by atoms with Crippen LogP contribution in [0.1, 0.15) is 47.0 Å². The molecule has 0 bridgehead atoms. The Morgan fingerprint density at radius 1 is 1.38 bits per heavy atom. The molecule has 0 aromatic heterocycles. The molecule has 0 aromatic carbocycles. The van der Waals surface area contributed by atoms with Crippen molar-refractivity contribution in [3.8, 4) is 0 Å². The van der Waals surface area contributed by atoms with Crippen molar-refractivity contribution in [3.63, 3.8) is 0 Å². The summed E-state index contributed by atoms with van der Waals surface area (Å²) in [6.07, 6.45) is 2.97. The Morgan fingerprint density at radius 3 is 2.25 bits per heavy atom. The average molecular weight is 226 g/mol. The molecular formula is C13H26N2O. The van der Waals surface area contributed by atoms with Gasteiger partial charge in [0.2, 0.25) is 5.91 Å². The minimum atomic E-state index is -0.212. The van der Waals surface area contributed by atoms with Crippen LogP contribution in [0, 0.1) is 10.8 Å². The normalized spacial score (nSPS) is 20.9. The SMILES string of the molecule is CCC(C)(C)C(=O)N1CCC(C)(CN)CC1. The van der Waals surface area contributed by atoms with Crippen LogP contribution in [0.15, 0.2) is 0 Å². The molecule has 1 fully saturated rings. The van der Waals surface area contributed by atoms with Crippen molar-refractivity contribution in [1.82, 2.24) is 4.90 Å². The lowest BCUT2D eigenvalue weighted by molar-refractivity contribution is -0.142. The van der Waals surface area contributed by atoms with E-state index in [1.165, 1.54) is 0 Å². The van der Waals surface area contributed by atoms with Crippen molar-refractivity contribution in [2.24, 2.45) is 16.6 Å². The van der Waals surface area contributed by atoms with E-state index in [-0.39, 0.29) is 10.8 Å². The van der Waals surface area contributed by atoms with E-state index in [1.54, 1.807) is 0 Å². The first kappa shape index (κ1) is 13.5. The molecule has 1 heterocycles. The number of hydrogen-bond donors (Lipinski definition) is 1. The molecule has 16 heavy (non-hydrogen) atoms. The molecule has 0 aliphatic carbocycles. The van der Waals surface area contributed by atoms with E-state index in [9.17, 15) is 4.79 Å². The van der Waals surface area contributed by atoms with E-state index in [2.05, 4.69) is 13.8 Å². The fraction of sp³-hybridized carbons (Fsp3) is 0.923. The van der Waals surface area contributed by atoms with Crippen molar-refractivity contribution in [3.05, 3.63) is 0 Å². The van der Waals surface area contributed by atoms with E-state index >= 15 is 0 Å². The molecule has 0 radical (unpaired) electrons. The maximum atomic E-state index is 12.2. The molecule has 94 valence electrons. The van der Waals surface area contributed by atoms with Crippen LogP contribution in [0.5, 0.6) is 0 Å². The Morgan fingerprint density at radius 2 is 1.88 bits per heavy atom. The Bertz CT molecular complexity index is 253. The van der Waals surface area contributed by atoms with E-state index in [1.807, 2.05) is 18.7 Å². The highest BCUT2D eigenvalue weighted by molar-refractivity contribution is 5.82. The van der Waals surface area contributed by atoms with Gasteiger partial charge in [-0.1, -0.05) is 27.7 Å². The van der Waals surface area contributed by atoms with Gasteiger partial charge < -0.3 is 10.6 Å². The van der Waals surface area contributed by atoms with Gasteiger partial charge in [-0.25, -0.2) is 0 Å². The second-order valence-electron chi connectivity index (χ2n) is 6.04. The summed E-state index contributed by atoms with van der Waals surface area (Å²) < 4.78 is 0. The fourth-order valence-corrected chi connectivity index (χ4v) is 2.03. The second-order valence-corrected chi connectivity index (χ2v) is 6.04. The summed E-state index contributed by atoms with van der Waals surface area (Å²) in [5.74, 6) is 0.300. The third-order valence-corrected chi connectivity index (χ3v) is 4.21. The third-order valence-electron chi connectivity index (χ3n) is 4.21. The zero-order valence-electron chi connectivity index (χ0n) is 11.2. The number of carbonyl (C=O) groups is 1. The third kappa shape index (κ3) is 2.76. The molecule has 0 aromatic rings. The van der Waals surface area contributed by atoms with Crippen LogP contribution in [-0.4, -0.2) is 30.4 Å². The summed E-state index contributed by atoms with van der Waals surface area (Å²) in [7, 11) is 0. The van der Waals surface area contributed by atoms with E-state index < -0.39 is 0 Å². The van der Waals surface area contributed by atoms with Crippen molar-refractivity contribution >= 4 is 5.91 Å². The standard InChI is InChI=1S/C13H26N2O/c1-5-12(2,3)11(16)15-8-6-13(4,10-14)7-9-15/h5-10,14H2,1-4H3. The van der Waals surface area contributed by atoms with Crippen LogP contribution >= 0.6 is 0 Å². The highest BCUT2D eigenvalue weighted by atomic mass is 16.2. The topological polar surface area (TPSA) is 46.3 Å². The minimum absolute atomic E-state index is 0.212. The lowest BCUT2D eigenvalue weighted by atomic mass is 9.79. The van der Waals surface area contributed by atoms with Gasteiger partial charge >= 0.3 is 0 Å². The van der Waals surface area contributed by atoms with Gasteiger partial charge in [0.1, 0.15) is 0 Å². The van der Waals surface area contributed by atoms with Crippen molar-refractivity contribution in [1.29, 1.82) is 0 Å². The minimum Gasteiger partial charge on any atom is -0.342 e. The first-order valence-corrected chi connectivity index (χ1v) is 6.34. The average Bonchev–Trinajstić information content (AvgIpc) is 2.29. The summed E-state index contributed by atoms with van der Waals surface area (Å²) in [4.78, 5) is 14.3. The largest absolute Gasteiger partial charge is 0.342 e. The Labute approximate surface area is 99.4 Å². The highest BCUT2D eigenvalue weighted by Crippen LogP contribution is 2.32. The monoisotopic (exact) mass is 226 g/mol. The van der Waals surface area contributed by atoms with Gasteiger partial charge in [0.25, 0.3) is 0 Å².